The maximum absolute atomic E-state index is 11.6. The highest BCUT2D eigenvalue weighted by Gasteiger charge is 2.59. The van der Waals surface area contributed by atoms with Gasteiger partial charge in [-0.25, -0.2) is 0 Å². The van der Waals surface area contributed by atoms with Gasteiger partial charge >= 0.3 is 0 Å². The second kappa shape index (κ2) is 5.64. The molecule has 0 saturated carbocycles. The highest BCUT2D eigenvalue weighted by molar-refractivity contribution is 6.89. The molecule has 0 N–H and O–H groups in total. The molecule has 136 valence electrons. The third kappa shape index (κ3) is 2.60. The van der Waals surface area contributed by atoms with Crippen LogP contribution in [0.3, 0.4) is 0 Å². The Kier molecular flexibility index (Phi) is 4.42. The zero-order chi connectivity index (χ0) is 19.4. The van der Waals surface area contributed by atoms with Gasteiger partial charge in [0, 0.05) is 11.0 Å². The molecule has 1 aromatic carbocycles. The van der Waals surface area contributed by atoms with E-state index < -0.39 is 30.5 Å². The van der Waals surface area contributed by atoms with E-state index in [1.165, 1.54) is 0 Å². The zero-order valence-corrected chi connectivity index (χ0v) is 17.7. The van der Waals surface area contributed by atoms with Gasteiger partial charge in [0.25, 0.3) is 0 Å². The van der Waals surface area contributed by atoms with Crippen molar-refractivity contribution < 1.29 is 14.6 Å². The molecule has 0 amide bonds. The SMILES string of the molecule is C#CC1(CC)C(C)(C)Oc2c(cc(C(=O)[O-])cc2[Si](C)(C)C)C1(C)C. The van der Waals surface area contributed by atoms with Crippen molar-refractivity contribution in [1.82, 2.24) is 0 Å². The highest BCUT2D eigenvalue weighted by atomic mass is 28.3. The minimum absolute atomic E-state index is 0.203. The number of hydrogen-bond acceptors (Lipinski definition) is 3. The predicted molar refractivity (Wildman–Crippen MR) is 103 cm³/mol. The second-order valence-electron chi connectivity index (χ2n) is 9.08. The molecule has 1 heterocycles. The Morgan fingerprint density at radius 3 is 2.20 bits per heavy atom. The van der Waals surface area contributed by atoms with E-state index in [1.807, 2.05) is 13.8 Å². The van der Waals surface area contributed by atoms with E-state index in [9.17, 15) is 9.90 Å². The lowest BCUT2D eigenvalue weighted by Gasteiger charge is -2.57. The fraction of sp³-hybridized carbons (Fsp3) is 0.571. The molecule has 0 spiro atoms. The molecule has 0 saturated heterocycles. The van der Waals surface area contributed by atoms with Crippen LogP contribution >= 0.6 is 0 Å². The van der Waals surface area contributed by atoms with E-state index in [1.54, 1.807) is 12.1 Å². The number of carboxylic acid groups (broad SMARTS) is 1. The fourth-order valence-corrected chi connectivity index (χ4v) is 5.98. The van der Waals surface area contributed by atoms with Crippen LogP contribution in [-0.2, 0) is 5.41 Å². The Bertz CT molecular complexity index is 763. The standard InChI is InChI=1S/C21H30O3Si/c1-10-21(11-2)19(3,4)15-12-14(18(22)23)13-16(25(7,8)9)17(15)24-20(21,5)6/h1,12-13H,11H2,2-9H3,(H,22,23)/p-1. The van der Waals surface area contributed by atoms with Gasteiger partial charge in [-0.05, 0) is 37.1 Å². The first kappa shape index (κ1) is 19.6. The first-order chi connectivity index (χ1) is 11.2. The van der Waals surface area contributed by atoms with Crippen molar-refractivity contribution in [3.63, 3.8) is 0 Å². The molecule has 1 atom stereocenters. The van der Waals surface area contributed by atoms with Gasteiger partial charge in [0.15, 0.2) is 0 Å². The maximum Gasteiger partial charge on any atom is 0.123 e. The molecular weight excluding hydrogens is 328 g/mol. The number of carbonyl (C=O) groups is 1. The molecule has 0 radical (unpaired) electrons. The molecule has 3 nitrogen and oxygen atoms in total. The van der Waals surface area contributed by atoms with E-state index in [0.717, 1.165) is 22.9 Å². The maximum atomic E-state index is 11.6. The quantitative estimate of drug-likeness (QED) is 0.617. The average molecular weight is 358 g/mol. The van der Waals surface area contributed by atoms with Crippen LogP contribution in [0.2, 0.25) is 19.6 Å². The summed E-state index contributed by atoms with van der Waals surface area (Å²) in [5, 5.41) is 12.6. The Morgan fingerprint density at radius 2 is 1.80 bits per heavy atom. The number of rotatable bonds is 3. The van der Waals surface area contributed by atoms with E-state index in [0.29, 0.717) is 0 Å². The van der Waals surface area contributed by atoms with Crippen LogP contribution in [0.4, 0.5) is 0 Å². The summed E-state index contributed by atoms with van der Waals surface area (Å²) in [5.74, 6) is 2.68. The van der Waals surface area contributed by atoms with Crippen molar-refractivity contribution in [2.24, 2.45) is 5.41 Å². The molecule has 1 aliphatic heterocycles. The minimum atomic E-state index is -1.85. The molecule has 1 aliphatic rings. The Labute approximate surface area is 152 Å². The summed E-state index contributed by atoms with van der Waals surface area (Å²) in [5.41, 5.74) is -0.466. The number of fused-ring (bicyclic) bond motifs is 1. The molecule has 1 unspecified atom stereocenters. The zero-order valence-electron chi connectivity index (χ0n) is 16.7. The van der Waals surface area contributed by atoms with E-state index >= 15 is 0 Å². The number of aromatic carboxylic acids is 1. The highest BCUT2D eigenvalue weighted by Crippen LogP contribution is 2.57. The molecule has 25 heavy (non-hydrogen) atoms. The van der Waals surface area contributed by atoms with Crippen molar-refractivity contribution in [1.29, 1.82) is 0 Å². The number of hydrogen-bond donors (Lipinski definition) is 0. The number of carboxylic acids is 1. The number of carbonyl (C=O) groups excluding carboxylic acids is 1. The van der Waals surface area contributed by atoms with Gasteiger partial charge in [0.1, 0.15) is 11.4 Å². The van der Waals surface area contributed by atoms with E-state index in [2.05, 4.69) is 46.3 Å². The summed E-state index contributed by atoms with van der Waals surface area (Å²) in [6.07, 6.45) is 6.77. The number of terminal acetylenes is 1. The normalized spacial score (nSPS) is 24.0. The largest absolute Gasteiger partial charge is 0.545 e. The lowest BCUT2D eigenvalue weighted by molar-refractivity contribution is -0.255. The van der Waals surface area contributed by atoms with Crippen LogP contribution in [0.1, 0.15) is 57.0 Å². The molecule has 0 aliphatic carbocycles. The van der Waals surface area contributed by atoms with Gasteiger partial charge in [0.2, 0.25) is 0 Å². The van der Waals surface area contributed by atoms with Gasteiger partial charge in [0.05, 0.1) is 19.5 Å². The molecule has 4 heteroatoms. The fourth-order valence-electron chi connectivity index (χ4n) is 4.53. The monoisotopic (exact) mass is 357 g/mol. The Morgan fingerprint density at radius 1 is 1.24 bits per heavy atom. The van der Waals surface area contributed by atoms with Crippen molar-refractivity contribution in [2.75, 3.05) is 0 Å². The third-order valence-corrected chi connectivity index (χ3v) is 8.02. The van der Waals surface area contributed by atoms with Gasteiger partial charge in [-0.15, -0.1) is 6.42 Å². The van der Waals surface area contributed by atoms with Crippen molar-refractivity contribution in [2.45, 2.75) is 71.7 Å². The van der Waals surface area contributed by atoms with E-state index in [4.69, 9.17) is 11.2 Å². The first-order valence-corrected chi connectivity index (χ1v) is 12.3. The van der Waals surface area contributed by atoms with Crippen molar-refractivity contribution >= 4 is 19.2 Å². The Balaban J connectivity index is 2.97. The van der Waals surface area contributed by atoms with Gasteiger partial charge in [-0.3, -0.25) is 0 Å². The van der Waals surface area contributed by atoms with Crippen LogP contribution in [-0.4, -0.2) is 19.6 Å². The van der Waals surface area contributed by atoms with Crippen LogP contribution in [0.25, 0.3) is 0 Å². The molecule has 1 aromatic rings. The van der Waals surface area contributed by atoms with Crippen LogP contribution < -0.4 is 15.0 Å². The summed E-state index contributed by atoms with van der Waals surface area (Å²) >= 11 is 0. The Hall–Kier alpha value is -1.73. The topological polar surface area (TPSA) is 49.4 Å². The van der Waals surface area contributed by atoms with E-state index in [-0.39, 0.29) is 5.56 Å². The average Bonchev–Trinajstić information content (AvgIpc) is 2.45. The van der Waals surface area contributed by atoms with Crippen LogP contribution in [0, 0.1) is 17.8 Å². The van der Waals surface area contributed by atoms with Crippen LogP contribution in [0.15, 0.2) is 12.1 Å². The lowest BCUT2D eigenvalue weighted by Crippen LogP contribution is -2.61. The molecule has 2 rings (SSSR count). The van der Waals surface area contributed by atoms with Gasteiger partial charge in [-0.1, -0.05) is 52.4 Å². The molecule has 0 aromatic heterocycles. The third-order valence-electron chi connectivity index (χ3n) is 6.03. The molecular formula is C21H29O3Si-. The summed E-state index contributed by atoms with van der Waals surface area (Å²) in [6, 6.07) is 3.44. The summed E-state index contributed by atoms with van der Waals surface area (Å²) in [4.78, 5) is 11.6. The number of ether oxygens (including phenoxy) is 1. The number of benzene rings is 1. The van der Waals surface area contributed by atoms with Crippen LogP contribution in [0.5, 0.6) is 5.75 Å². The summed E-state index contributed by atoms with van der Waals surface area (Å²) in [6.45, 7) is 16.9. The minimum Gasteiger partial charge on any atom is -0.545 e. The molecule has 0 bridgehead atoms. The first-order valence-electron chi connectivity index (χ1n) is 8.82. The summed E-state index contributed by atoms with van der Waals surface area (Å²) < 4.78 is 6.52. The van der Waals surface area contributed by atoms with Gasteiger partial charge < -0.3 is 14.6 Å². The predicted octanol–water partition coefficient (Wildman–Crippen LogP) is 3.07. The lowest BCUT2D eigenvalue weighted by atomic mass is 9.53. The summed E-state index contributed by atoms with van der Waals surface area (Å²) in [7, 11) is -1.85. The second-order valence-corrected chi connectivity index (χ2v) is 14.1. The van der Waals surface area contributed by atoms with Gasteiger partial charge in [-0.2, -0.15) is 0 Å². The molecule has 0 fully saturated rings. The van der Waals surface area contributed by atoms with Crippen molar-refractivity contribution in [3.8, 4) is 18.1 Å². The van der Waals surface area contributed by atoms with Crippen molar-refractivity contribution in [3.05, 3.63) is 23.3 Å². The smallest absolute Gasteiger partial charge is 0.123 e.